The van der Waals surface area contributed by atoms with Gasteiger partial charge >= 0.3 is 11.9 Å². The molecule has 5 fully saturated rings. The predicted molar refractivity (Wildman–Crippen MR) is 146 cm³/mol. The zero-order valence-electron chi connectivity index (χ0n) is 24.6. The van der Waals surface area contributed by atoms with Crippen LogP contribution in [0.2, 0.25) is 0 Å². The van der Waals surface area contributed by atoms with Crippen molar-refractivity contribution in [2.24, 2.45) is 46.3 Å². The van der Waals surface area contributed by atoms with Crippen molar-refractivity contribution in [2.75, 3.05) is 0 Å². The Kier molecular flexibility index (Phi) is 8.85. The summed E-state index contributed by atoms with van der Waals surface area (Å²) in [6.07, 6.45) is 0.496. The summed E-state index contributed by atoms with van der Waals surface area (Å²) in [6.45, 7) is 7.08. The molecule has 0 unspecified atom stereocenters. The molecule has 10 heteroatoms. The number of aliphatic hydroxyl groups excluding tert-OH is 4. The number of carbonyl (C=O) groups is 2. The molecule has 0 amide bonds. The highest BCUT2D eigenvalue weighted by molar-refractivity contribution is 5.73. The second-order valence-corrected chi connectivity index (χ2v) is 14.6. The van der Waals surface area contributed by atoms with Crippen LogP contribution in [0.5, 0.6) is 0 Å². The molecule has 0 spiro atoms. The van der Waals surface area contributed by atoms with Gasteiger partial charge in [-0.05, 0) is 111 Å². The molecule has 5 rings (SSSR count). The lowest BCUT2D eigenvalue weighted by Gasteiger charge is -2.62. The highest BCUT2D eigenvalue weighted by atomic mass is 16.7. The third-order valence-corrected chi connectivity index (χ3v) is 12.6. The standard InChI is InChI=1S/C31H50O10/c1-15(5-4-6-22(33)34)18-7-8-19-23-20(10-12-31(18,19)3)30(2)11-9-17(13-16(30)14-21(23)32)40-29-26(37)24(35)25(36)27(41-29)28(38)39/h15-21,23-27,29,32,35-37H,4-14H2,1-3H3,(H,33,34)(H,38,39)/t15-,16+,17-,18-,19+,20+,21-,23+,24+,25+,26-,27+,29-,30+,31-/m1/s1. The van der Waals surface area contributed by atoms with Crippen LogP contribution in [-0.4, -0.2) is 85.5 Å². The Morgan fingerprint density at radius 1 is 0.902 bits per heavy atom. The lowest BCUT2D eigenvalue weighted by Crippen LogP contribution is -2.61. The first kappa shape index (κ1) is 31.1. The van der Waals surface area contributed by atoms with Gasteiger partial charge in [-0.1, -0.05) is 20.8 Å². The average molecular weight is 583 g/mol. The Bertz CT molecular complexity index is 975. The molecule has 234 valence electrons. The second-order valence-electron chi connectivity index (χ2n) is 14.6. The number of hydrogen-bond donors (Lipinski definition) is 6. The quantitative estimate of drug-likeness (QED) is 0.234. The predicted octanol–water partition coefficient (Wildman–Crippen LogP) is 2.78. The molecule has 1 heterocycles. The van der Waals surface area contributed by atoms with Crippen LogP contribution in [-0.2, 0) is 19.1 Å². The van der Waals surface area contributed by atoms with Crippen molar-refractivity contribution in [2.45, 2.75) is 134 Å². The topological polar surface area (TPSA) is 174 Å². The van der Waals surface area contributed by atoms with Crippen molar-refractivity contribution in [3.63, 3.8) is 0 Å². The molecule has 0 aromatic carbocycles. The zero-order valence-corrected chi connectivity index (χ0v) is 24.6. The van der Waals surface area contributed by atoms with Crippen LogP contribution in [0, 0.1) is 46.3 Å². The Morgan fingerprint density at radius 3 is 2.27 bits per heavy atom. The summed E-state index contributed by atoms with van der Waals surface area (Å²) in [5, 5.41) is 60.7. The highest BCUT2D eigenvalue weighted by Crippen LogP contribution is 2.68. The summed E-state index contributed by atoms with van der Waals surface area (Å²) < 4.78 is 11.4. The number of hydrogen-bond acceptors (Lipinski definition) is 8. The summed E-state index contributed by atoms with van der Waals surface area (Å²) in [6, 6.07) is 0. The van der Waals surface area contributed by atoms with Crippen LogP contribution in [0.15, 0.2) is 0 Å². The minimum atomic E-state index is -1.75. The van der Waals surface area contributed by atoms with E-state index in [0.717, 1.165) is 38.5 Å². The van der Waals surface area contributed by atoms with E-state index in [9.17, 15) is 35.1 Å². The van der Waals surface area contributed by atoms with Crippen molar-refractivity contribution >= 4 is 11.9 Å². The van der Waals surface area contributed by atoms with Crippen LogP contribution in [0.3, 0.4) is 0 Å². The van der Waals surface area contributed by atoms with E-state index >= 15 is 0 Å². The minimum Gasteiger partial charge on any atom is -0.481 e. The van der Waals surface area contributed by atoms with E-state index in [0.29, 0.717) is 49.4 Å². The third kappa shape index (κ3) is 5.46. The summed E-state index contributed by atoms with van der Waals surface area (Å²) in [7, 11) is 0. The molecule has 0 radical (unpaired) electrons. The van der Waals surface area contributed by atoms with E-state index in [4.69, 9.17) is 14.6 Å². The van der Waals surface area contributed by atoms with Crippen molar-refractivity contribution in [3.8, 4) is 0 Å². The fraction of sp³-hybridized carbons (Fsp3) is 0.935. The average Bonchev–Trinajstić information content (AvgIpc) is 3.26. The van der Waals surface area contributed by atoms with Gasteiger partial charge in [0.05, 0.1) is 12.2 Å². The molecule has 4 saturated carbocycles. The molecule has 4 aliphatic carbocycles. The Labute approximate surface area is 242 Å². The van der Waals surface area contributed by atoms with E-state index in [1.807, 2.05) is 0 Å². The molecule has 15 atom stereocenters. The second kappa shape index (κ2) is 11.7. The van der Waals surface area contributed by atoms with Gasteiger partial charge in [0.1, 0.15) is 18.3 Å². The third-order valence-electron chi connectivity index (χ3n) is 12.6. The first-order valence-electron chi connectivity index (χ1n) is 15.8. The number of ether oxygens (including phenoxy) is 2. The van der Waals surface area contributed by atoms with Crippen molar-refractivity contribution in [1.29, 1.82) is 0 Å². The lowest BCUT2D eigenvalue weighted by atomic mass is 9.43. The van der Waals surface area contributed by atoms with Crippen LogP contribution in [0.4, 0.5) is 0 Å². The van der Waals surface area contributed by atoms with E-state index in [1.54, 1.807) is 0 Å². The molecule has 10 nitrogen and oxygen atoms in total. The molecule has 1 saturated heterocycles. The largest absolute Gasteiger partial charge is 0.481 e. The van der Waals surface area contributed by atoms with Gasteiger partial charge in [-0.2, -0.15) is 0 Å². The zero-order chi connectivity index (χ0) is 29.9. The minimum absolute atomic E-state index is 0.0433. The first-order valence-corrected chi connectivity index (χ1v) is 15.8. The van der Waals surface area contributed by atoms with Gasteiger partial charge in [0, 0.05) is 6.42 Å². The fourth-order valence-corrected chi connectivity index (χ4v) is 10.4. The van der Waals surface area contributed by atoms with E-state index < -0.39 is 48.7 Å². The maximum atomic E-state index is 11.7. The summed E-state index contributed by atoms with van der Waals surface area (Å²) >= 11 is 0. The van der Waals surface area contributed by atoms with Gasteiger partial charge in [-0.3, -0.25) is 4.79 Å². The maximum Gasteiger partial charge on any atom is 0.335 e. The van der Waals surface area contributed by atoms with Crippen molar-refractivity contribution < 1.29 is 49.7 Å². The smallest absolute Gasteiger partial charge is 0.335 e. The number of carboxylic acid groups (broad SMARTS) is 2. The number of carboxylic acids is 2. The number of aliphatic hydroxyl groups is 4. The van der Waals surface area contributed by atoms with Gasteiger partial charge in [0.2, 0.25) is 0 Å². The molecule has 0 bridgehead atoms. The van der Waals surface area contributed by atoms with Gasteiger partial charge < -0.3 is 40.1 Å². The Hall–Kier alpha value is -1.30. The number of rotatable bonds is 8. The lowest BCUT2D eigenvalue weighted by molar-refractivity contribution is -0.310. The van der Waals surface area contributed by atoms with Crippen molar-refractivity contribution in [3.05, 3.63) is 0 Å². The SMILES string of the molecule is C[C@H](CCCC(=O)O)[C@H]1CC[C@H]2[C@@H]3[C@H](O)C[C@@H]4C[C@H](O[C@@H]5O[C@H](C(=O)O)[C@@H](O)[C@H](O)[C@H]5O)CC[C@]4(C)[C@H]3CC[C@]12C. The maximum absolute atomic E-state index is 11.7. The molecular weight excluding hydrogens is 532 g/mol. The Balaban J connectivity index is 1.25. The molecule has 6 N–H and O–H groups in total. The molecule has 0 aromatic rings. The summed E-state index contributed by atoms with van der Waals surface area (Å²) in [4.78, 5) is 22.5. The number of aliphatic carboxylic acids is 2. The summed E-state index contributed by atoms with van der Waals surface area (Å²) in [5.74, 6) is 0.181. The van der Waals surface area contributed by atoms with E-state index in [-0.39, 0.29) is 35.2 Å². The normalized spacial score (nSPS) is 50.3. The molecule has 0 aromatic heterocycles. The number of fused-ring (bicyclic) bond motifs is 5. The van der Waals surface area contributed by atoms with Gasteiger partial charge in [-0.15, -0.1) is 0 Å². The van der Waals surface area contributed by atoms with E-state index in [2.05, 4.69) is 20.8 Å². The monoisotopic (exact) mass is 582 g/mol. The molecule has 5 aliphatic rings. The van der Waals surface area contributed by atoms with Gasteiger partial charge in [0.15, 0.2) is 12.4 Å². The molecule has 1 aliphatic heterocycles. The van der Waals surface area contributed by atoms with Crippen LogP contribution >= 0.6 is 0 Å². The Morgan fingerprint density at radius 2 is 1.59 bits per heavy atom. The van der Waals surface area contributed by atoms with Crippen LogP contribution < -0.4 is 0 Å². The van der Waals surface area contributed by atoms with Crippen molar-refractivity contribution in [1.82, 2.24) is 0 Å². The fourth-order valence-electron chi connectivity index (χ4n) is 10.4. The molecule has 41 heavy (non-hydrogen) atoms. The van der Waals surface area contributed by atoms with E-state index in [1.165, 1.54) is 0 Å². The van der Waals surface area contributed by atoms with Crippen LogP contribution in [0.25, 0.3) is 0 Å². The van der Waals surface area contributed by atoms with Gasteiger partial charge in [-0.25, -0.2) is 4.79 Å². The highest BCUT2D eigenvalue weighted by Gasteiger charge is 2.63. The van der Waals surface area contributed by atoms with Crippen LogP contribution in [0.1, 0.15) is 91.4 Å². The summed E-state index contributed by atoms with van der Waals surface area (Å²) in [5.41, 5.74) is 0.205. The molecular formula is C31H50O10. The first-order chi connectivity index (χ1) is 19.3. The van der Waals surface area contributed by atoms with Gasteiger partial charge in [0.25, 0.3) is 0 Å².